The van der Waals surface area contributed by atoms with Gasteiger partial charge in [-0.05, 0) is 30.7 Å². The third-order valence-electron chi connectivity index (χ3n) is 3.04. The van der Waals surface area contributed by atoms with Gasteiger partial charge in [-0.25, -0.2) is 0 Å². The molecule has 0 aliphatic carbocycles. The van der Waals surface area contributed by atoms with Crippen molar-refractivity contribution in [3.05, 3.63) is 63.7 Å². The van der Waals surface area contributed by atoms with Gasteiger partial charge in [0, 0.05) is 18.8 Å². The maximum atomic E-state index is 12.3. The van der Waals surface area contributed by atoms with Crippen molar-refractivity contribution in [2.75, 3.05) is 17.7 Å². The number of carbonyl (C=O) groups is 1. The fourth-order valence-corrected chi connectivity index (χ4v) is 1.99. The smallest absolute Gasteiger partial charge is 0.293 e. The van der Waals surface area contributed by atoms with Gasteiger partial charge in [-0.2, -0.15) is 0 Å². The van der Waals surface area contributed by atoms with Gasteiger partial charge in [-0.1, -0.05) is 18.2 Å². The first-order chi connectivity index (χ1) is 10.0. The number of nitrogens with zero attached hydrogens (tertiary/aromatic N) is 1. The van der Waals surface area contributed by atoms with E-state index in [1.807, 2.05) is 0 Å². The van der Waals surface area contributed by atoms with Gasteiger partial charge in [0.1, 0.15) is 5.69 Å². The maximum Gasteiger partial charge on any atom is 0.293 e. The Labute approximate surface area is 121 Å². The quantitative estimate of drug-likeness (QED) is 0.667. The van der Waals surface area contributed by atoms with E-state index in [4.69, 9.17) is 0 Å². The number of nitro groups is 1. The van der Waals surface area contributed by atoms with Crippen LogP contribution in [0.3, 0.4) is 0 Å². The van der Waals surface area contributed by atoms with Crippen LogP contribution in [0.1, 0.15) is 15.9 Å². The number of amides is 1. The molecule has 0 radical (unpaired) electrons. The fourth-order valence-electron chi connectivity index (χ4n) is 1.99. The number of carbonyl (C=O) groups excluding carboxylic acids is 1. The van der Waals surface area contributed by atoms with Crippen molar-refractivity contribution in [3.63, 3.8) is 0 Å². The van der Waals surface area contributed by atoms with E-state index in [-0.39, 0.29) is 11.4 Å². The van der Waals surface area contributed by atoms with Crippen LogP contribution in [-0.2, 0) is 0 Å². The molecule has 6 nitrogen and oxygen atoms in total. The van der Waals surface area contributed by atoms with Crippen LogP contribution in [0.2, 0.25) is 0 Å². The minimum absolute atomic E-state index is 0.120. The highest BCUT2D eigenvalue weighted by Gasteiger charge is 2.18. The van der Waals surface area contributed by atoms with E-state index in [1.165, 1.54) is 12.1 Å². The number of para-hydroxylation sites is 1. The molecule has 2 aromatic rings. The third-order valence-corrected chi connectivity index (χ3v) is 3.04. The first-order valence-corrected chi connectivity index (χ1v) is 6.36. The van der Waals surface area contributed by atoms with Crippen molar-refractivity contribution in [3.8, 4) is 0 Å². The summed E-state index contributed by atoms with van der Waals surface area (Å²) in [6.07, 6.45) is 0. The summed E-state index contributed by atoms with van der Waals surface area (Å²) >= 11 is 0. The highest BCUT2D eigenvalue weighted by atomic mass is 16.6. The van der Waals surface area contributed by atoms with Crippen LogP contribution < -0.4 is 10.6 Å². The Kier molecular flexibility index (Phi) is 4.18. The minimum Gasteiger partial charge on any atom is -0.387 e. The van der Waals surface area contributed by atoms with E-state index in [9.17, 15) is 14.9 Å². The van der Waals surface area contributed by atoms with Gasteiger partial charge in [0.05, 0.1) is 10.5 Å². The molecule has 0 fully saturated rings. The Bertz CT molecular complexity index is 698. The monoisotopic (exact) mass is 285 g/mol. The molecule has 6 heteroatoms. The molecule has 2 rings (SSSR count). The summed E-state index contributed by atoms with van der Waals surface area (Å²) in [7, 11) is 1.71. The lowest BCUT2D eigenvalue weighted by molar-refractivity contribution is -0.384. The number of hydrogen-bond donors (Lipinski definition) is 2. The Morgan fingerprint density at radius 1 is 1.14 bits per heavy atom. The molecule has 108 valence electrons. The number of nitro benzene ring substituents is 1. The predicted octanol–water partition coefficient (Wildman–Crippen LogP) is 3.20. The molecule has 0 aromatic heterocycles. The normalized spacial score (nSPS) is 10.0. The van der Waals surface area contributed by atoms with Gasteiger partial charge >= 0.3 is 0 Å². The van der Waals surface area contributed by atoms with Crippen LogP contribution in [0.5, 0.6) is 0 Å². The Morgan fingerprint density at radius 2 is 1.86 bits per heavy atom. The molecule has 1 amide bonds. The zero-order valence-corrected chi connectivity index (χ0v) is 11.7. The molecule has 0 heterocycles. The van der Waals surface area contributed by atoms with Crippen molar-refractivity contribution in [2.24, 2.45) is 0 Å². The summed E-state index contributed by atoms with van der Waals surface area (Å²) < 4.78 is 0. The van der Waals surface area contributed by atoms with Gasteiger partial charge in [0.15, 0.2) is 0 Å². The summed E-state index contributed by atoms with van der Waals surface area (Å²) in [6, 6.07) is 11.6. The molecule has 0 bridgehead atoms. The predicted molar refractivity (Wildman–Crippen MR) is 81.8 cm³/mol. The Balaban J connectivity index is 2.34. The molecule has 0 saturated carbocycles. The molecular formula is C15H15N3O3. The van der Waals surface area contributed by atoms with Gasteiger partial charge in [-0.3, -0.25) is 14.9 Å². The number of hydrogen-bond acceptors (Lipinski definition) is 4. The van der Waals surface area contributed by atoms with E-state index < -0.39 is 10.8 Å². The number of nitrogens with one attached hydrogen (secondary N) is 2. The molecule has 2 N–H and O–H groups in total. The zero-order chi connectivity index (χ0) is 15.4. The number of benzene rings is 2. The average Bonchev–Trinajstić information content (AvgIpc) is 2.48. The second kappa shape index (κ2) is 6.04. The zero-order valence-electron chi connectivity index (χ0n) is 11.7. The first kappa shape index (κ1) is 14.5. The van der Waals surface area contributed by atoms with E-state index in [1.54, 1.807) is 44.3 Å². The van der Waals surface area contributed by atoms with Crippen LogP contribution in [0, 0.1) is 17.0 Å². The van der Waals surface area contributed by atoms with E-state index in [0.717, 1.165) is 5.56 Å². The van der Waals surface area contributed by atoms with Gasteiger partial charge in [0.2, 0.25) is 0 Å². The standard InChI is InChI=1S/C15H15N3O3/c1-10-7-8-13(14(9-10)18(20)21)17-15(19)11-5-3-4-6-12(11)16-2/h3-9,16H,1-2H3,(H,17,19). The fraction of sp³-hybridized carbons (Fsp3) is 0.133. The summed E-state index contributed by atoms with van der Waals surface area (Å²) in [5, 5.41) is 16.6. The Hall–Kier alpha value is -2.89. The first-order valence-electron chi connectivity index (χ1n) is 6.36. The van der Waals surface area contributed by atoms with Crippen LogP contribution in [0.15, 0.2) is 42.5 Å². The lowest BCUT2D eigenvalue weighted by atomic mass is 10.1. The van der Waals surface area contributed by atoms with Crippen molar-refractivity contribution in [1.29, 1.82) is 0 Å². The molecular weight excluding hydrogens is 270 g/mol. The minimum atomic E-state index is -0.507. The Morgan fingerprint density at radius 3 is 2.52 bits per heavy atom. The van der Waals surface area contributed by atoms with Crippen LogP contribution >= 0.6 is 0 Å². The van der Waals surface area contributed by atoms with Crippen molar-refractivity contribution in [2.45, 2.75) is 6.92 Å². The van der Waals surface area contributed by atoms with Crippen LogP contribution in [-0.4, -0.2) is 17.9 Å². The van der Waals surface area contributed by atoms with E-state index in [0.29, 0.717) is 11.3 Å². The van der Waals surface area contributed by atoms with E-state index in [2.05, 4.69) is 10.6 Å². The lowest BCUT2D eigenvalue weighted by Gasteiger charge is -2.10. The topological polar surface area (TPSA) is 84.3 Å². The molecule has 2 aromatic carbocycles. The van der Waals surface area contributed by atoms with Crippen molar-refractivity contribution >= 4 is 23.0 Å². The van der Waals surface area contributed by atoms with Gasteiger partial charge in [0.25, 0.3) is 11.6 Å². The highest BCUT2D eigenvalue weighted by Crippen LogP contribution is 2.26. The molecule has 0 unspecified atom stereocenters. The maximum absolute atomic E-state index is 12.3. The second-order valence-corrected chi connectivity index (χ2v) is 4.53. The van der Waals surface area contributed by atoms with E-state index >= 15 is 0 Å². The molecule has 0 spiro atoms. The summed E-state index contributed by atoms with van der Waals surface area (Å²) in [5.74, 6) is -0.396. The largest absolute Gasteiger partial charge is 0.387 e. The van der Waals surface area contributed by atoms with Crippen molar-refractivity contribution in [1.82, 2.24) is 0 Å². The molecule has 0 aliphatic heterocycles. The van der Waals surface area contributed by atoms with Crippen molar-refractivity contribution < 1.29 is 9.72 Å². The van der Waals surface area contributed by atoms with Gasteiger partial charge < -0.3 is 10.6 Å². The molecule has 0 aliphatic rings. The highest BCUT2D eigenvalue weighted by molar-refractivity contribution is 6.08. The summed E-state index contributed by atoms with van der Waals surface area (Å²) in [6.45, 7) is 1.76. The van der Waals surface area contributed by atoms with Gasteiger partial charge in [-0.15, -0.1) is 0 Å². The van der Waals surface area contributed by atoms with Crippen LogP contribution in [0.25, 0.3) is 0 Å². The molecule has 0 atom stereocenters. The summed E-state index contributed by atoms with van der Waals surface area (Å²) in [5.41, 5.74) is 1.90. The molecule has 21 heavy (non-hydrogen) atoms. The number of aryl methyl sites for hydroxylation is 1. The molecule has 0 saturated heterocycles. The lowest BCUT2D eigenvalue weighted by Crippen LogP contribution is -2.15. The second-order valence-electron chi connectivity index (χ2n) is 4.53. The SMILES string of the molecule is CNc1ccccc1C(=O)Nc1ccc(C)cc1[N+](=O)[O-]. The summed E-state index contributed by atoms with van der Waals surface area (Å²) in [4.78, 5) is 22.8. The van der Waals surface area contributed by atoms with Crippen LogP contribution in [0.4, 0.5) is 17.1 Å². The average molecular weight is 285 g/mol. The third kappa shape index (κ3) is 3.17. The number of rotatable bonds is 4. The number of anilines is 2.